The number of nitrogens with zero attached hydrogens (tertiary/aromatic N) is 1. The van der Waals surface area contributed by atoms with Gasteiger partial charge < -0.3 is 5.73 Å². The van der Waals surface area contributed by atoms with E-state index >= 15 is 0 Å². The molecule has 1 aromatic rings. The van der Waals surface area contributed by atoms with Crippen molar-refractivity contribution in [2.24, 2.45) is 5.73 Å². The normalized spacial score (nSPS) is 12.7. The minimum Gasteiger partial charge on any atom is -0.327 e. The fraction of sp³-hybridized carbons (Fsp3) is 0.545. The molecule has 1 rings (SSSR count). The summed E-state index contributed by atoms with van der Waals surface area (Å²) in [7, 11) is 0. The van der Waals surface area contributed by atoms with Crippen LogP contribution in [0.3, 0.4) is 0 Å². The number of hydrogen-bond donors (Lipinski definition) is 1. The molecule has 2 nitrogen and oxygen atoms in total. The van der Waals surface area contributed by atoms with Crippen molar-refractivity contribution < 1.29 is 0 Å². The van der Waals surface area contributed by atoms with Crippen molar-refractivity contribution in [1.82, 2.24) is 4.98 Å². The molecule has 78 valence electrons. The highest BCUT2D eigenvalue weighted by Crippen LogP contribution is 2.11. The SMILES string of the molecule is C=CCCCC(N)Cc1csc(C)n1. The average Bonchev–Trinajstić information content (AvgIpc) is 2.52. The van der Waals surface area contributed by atoms with Gasteiger partial charge in [-0.15, -0.1) is 17.9 Å². The molecular formula is C11H18N2S. The summed E-state index contributed by atoms with van der Waals surface area (Å²) in [6, 6.07) is 0.247. The van der Waals surface area contributed by atoms with E-state index in [4.69, 9.17) is 5.73 Å². The molecule has 1 aromatic heterocycles. The van der Waals surface area contributed by atoms with Gasteiger partial charge in [0.1, 0.15) is 0 Å². The molecule has 0 fully saturated rings. The largest absolute Gasteiger partial charge is 0.327 e. The van der Waals surface area contributed by atoms with Gasteiger partial charge in [-0.05, 0) is 26.2 Å². The monoisotopic (exact) mass is 210 g/mol. The van der Waals surface area contributed by atoms with E-state index in [1.165, 1.54) is 0 Å². The molecule has 0 amide bonds. The van der Waals surface area contributed by atoms with Gasteiger partial charge in [0.2, 0.25) is 0 Å². The Morgan fingerprint density at radius 2 is 2.50 bits per heavy atom. The van der Waals surface area contributed by atoms with E-state index in [0.717, 1.165) is 36.4 Å². The predicted octanol–water partition coefficient (Wildman–Crippen LogP) is 2.68. The molecule has 0 saturated carbocycles. The Morgan fingerprint density at radius 1 is 1.71 bits per heavy atom. The van der Waals surface area contributed by atoms with Gasteiger partial charge in [0.15, 0.2) is 0 Å². The van der Waals surface area contributed by atoms with Crippen LogP contribution >= 0.6 is 11.3 Å². The maximum atomic E-state index is 5.99. The van der Waals surface area contributed by atoms with Crippen LogP contribution in [0.5, 0.6) is 0 Å². The van der Waals surface area contributed by atoms with Crippen LogP contribution in [0.2, 0.25) is 0 Å². The van der Waals surface area contributed by atoms with Gasteiger partial charge in [-0.1, -0.05) is 6.08 Å². The Bertz CT molecular complexity index is 281. The molecule has 0 saturated heterocycles. The zero-order chi connectivity index (χ0) is 10.4. The van der Waals surface area contributed by atoms with Gasteiger partial charge in [-0.25, -0.2) is 4.98 Å². The molecular weight excluding hydrogens is 192 g/mol. The van der Waals surface area contributed by atoms with Crippen LogP contribution in [0, 0.1) is 6.92 Å². The fourth-order valence-electron chi connectivity index (χ4n) is 1.40. The number of aromatic nitrogens is 1. The first kappa shape index (κ1) is 11.4. The Labute approximate surface area is 89.9 Å². The van der Waals surface area contributed by atoms with E-state index in [9.17, 15) is 0 Å². The van der Waals surface area contributed by atoms with E-state index < -0.39 is 0 Å². The second-order valence-corrected chi connectivity index (χ2v) is 4.60. The molecule has 0 bridgehead atoms. The third-order valence-electron chi connectivity index (χ3n) is 2.12. The number of nitrogens with two attached hydrogens (primary N) is 1. The average molecular weight is 210 g/mol. The molecule has 2 N–H and O–H groups in total. The number of aryl methyl sites for hydroxylation is 1. The van der Waals surface area contributed by atoms with Gasteiger partial charge in [-0.3, -0.25) is 0 Å². The zero-order valence-electron chi connectivity index (χ0n) is 8.70. The highest BCUT2D eigenvalue weighted by atomic mass is 32.1. The van der Waals surface area contributed by atoms with Crippen molar-refractivity contribution in [2.45, 2.75) is 38.6 Å². The van der Waals surface area contributed by atoms with Crippen LogP contribution in [-0.2, 0) is 6.42 Å². The molecule has 0 aliphatic rings. The van der Waals surface area contributed by atoms with Crippen LogP contribution in [-0.4, -0.2) is 11.0 Å². The van der Waals surface area contributed by atoms with Crippen molar-refractivity contribution in [3.8, 4) is 0 Å². The Hall–Kier alpha value is -0.670. The number of unbranched alkanes of at least 4 members (excludes halogenated alkanes) is 1. The summed E-state index contributed by atoms with van der Waals surface area (Å²) in [5.41, 5.74) is 7.12. The first-order valence-corrected chi connectivity index (χ1v) is 5.88. The van der Waals surface area contributed by atoms with Crippen molar-refractivity contribution in [2.75, 3.05) is 0 Å². The second kappa shape index (κ2) is 5.94. The number of allylic oxidation sites excluding steroid dienone is 1. The lowest BCUT2D eigenvalue weighted by molar-refractivity contribution is 0.579. The third-order valence-corrected chi connectivity index (χ3v) is 2.94. The first-order chi connectivity index (χ1) is 6.72. The zero-order valence-corrected chi connectivity index (χ0v) is 9.52. The lowest BCUT2D eigenvalue weighted by Crippen LogP contribution is -2.22. The van der Waals surface area contributed by atoms with E-state index in [-0.39, 0.29) is 6.04 Å². The summed E-state index contributed by atoms with van der Waals surface area (Å²) < 4.78 is 0. The number of hydrogen-bond acceptors (Lipinski definition) is 3. The quantitative estimate of drug-likeness (QED) is 0.579. The molecule has 1 heterocycles. The smallest absolute Gasteiger partial charge is 0.0897 e. The molecule has 0 aliphatic heterocycles. The standard InChI is InChI=1S/C11H18N2S/c1-3-4-5-6-10(12)7-11-8-14-9(2)13-11/h3,8,10H,1,4-7,12H2,2H3. The van der Waals surface area contributed by atoms with Crippen molar-refractivity contribution in [3.05, 3.63) is 28.7 Å². The highest BCUT2D eigenvalue weighted by Gasteiger charge is 2.05. The predicted molar refractivity (Wildman–Crippen MR) is 62.6 cm³/mol. The summed E-state index contributed by atoms with van der Waals surface area (Å²) in [5, 5.41) is 3.22. The fourth-order valence-corrected chi connectivity index (χ4v) is 2.02. The van der Waals surface area contributed by atoms with Gasteiger partial charge in [0, 0.05) is 17.8 Å². The lowest BCUT2D eigenvalue weighted by atomic mass is 10.1. The van der Waals surface area contributed by atoms with Gasteiger partial charge >= 0.3 is 0 Å². The van der Waals surface area contributed by atoms with E-state index in [0.29, 0.717) is 0 Å². The summed E-state index contributed by atoms with van der Waals surface area (Å²) >= 11 is 1.69. The third kappa shape index (κ3) is 4.03. The van der Waals surface area contributed by atoms with Crippen LogP contribution in [0.25, 0.3) is 0 Å². The van der Waals surface area contributed by atoms with E-state index in [2.05, 4.69) is 16.9 Å². The first-order valence-electron chi connectivity index (χ1n) is 5.00. The Morgan fingerprint density at radius 3 is 3.07 bits per heavy atom. The molecule has 1 unspecified atom stereocenters. The highest BCUT2D eigenvalue weighted by molar-refractivity contribution is 7.09. The van der Waals surface area contributed by atoms with E-state index in [1.54, 1.807) is 11.3 Å². The molecule has 0 radical (unpaired) electrons. The minimum absolute atomic E-state index is 0.247. The molecule has 3 heteroatoms. The van der Waals surface area contributed by atoms with Crippen LogP contribution in [0.15, 0.2) is 18.0 Å². The van der Waals surface area contributed by atoms with Crippen molar-refractivity contribution >= 4 is 11.3 Å². The summed E-state index contributed by atoms with van der Waals surface area (Å²) in [5.74, 6) is 0. The maximum absolute atomic E-state index is 5.99. The Kier molecular flexibility index (Phi) is 4.84. The van der Waals surface area contributed by atoms with Gasteiger partial charge in [0.05, 0.1) is 10.7 Å². The maximum Gasteiger partial charge on any atom is 0.0897 e. The van der Waals surface area contributed by atoms with E-state index in [1.807, 2.05) is 13.0 Å². The molecule has 0 aliphatic carbocycles. The second-order valence-electron chi connectivity index (χ2n) is 3.54. The Balaban J connectivity index is 2.26. The van der Waals surface area contributed by atoms with Crippen LogP contribution < -0.4 is 5.73 Å². The van der Waals surface area contributed by atoms with Crippen molar-refractivity contribution in [3.63, 3.8) is 0 Å². The number of rotatable bonds is 6. The van der Waals surface area contributed by atoms with Gasteiger partial charge in [0.25, 0.3) is 0 Å². The summed E-state index contributed by atoms with van der Waals surface area (Å²) in [4.78, 5) is 4.40. The molecule has 0 aromatic carbocycles. The van der Waals surface area contributed by atoms with Gasteiger partial charge in [-0.2, -0.15) is 0 Å². The van der Waals surface area contributed by atoms with Crippen LogP contribution in [0.1, 0.15) is 30.0 Å². The summed E-state index contributed by atoms with van der Waals surface area (Å²) in [6.45, 7) is 5.72. The molecule has 1 atom stereocenters. The van der Waals surface area contributed by atoms with Crippen LogP contribution in [0.4, 0.5) is 0 Å². The topological polar surface area (TPSA) is 38.9 Å². The minimum atomic E-state index is 0.247. The summed E-state index contributed by atoms with van der Waals surface area (Å²) in [6.07, 6.45) is 6.10. The lowest BCUT2D eigenvalue weighted by Gasteiger charge is -2.08. The molecule has 0 spiro atoms. The molecule has 14 heavy (non-hydrogen) atoms. The number of thiazole rings is 1. The van der Waals surface area contributed by atoms with Crippen molar-refractivity contribution in [1.29, 1.82) is 0 Å².